The van der Waals surface area contributed by atoms with Gasteiger partial charge in [-0.25, -0.2) is 4.79 Å². The SMILES string of the molecule is C=C(C(=O)O)C(COc1ccccc1)OCCOCCOCCOCCOCCOC(C)(C)C. The fourth-order valence-electron chi connectivity index (χ4n) is 2.49. The summed E-state index contributed by atoms with van der Waals surface area (Å²) in [6.07, 6.45) is -0.773. The van der Waals surface area contributed by atoms with Crippen LogP contribution in [-0.2, 0) is 33.2 Å². The van der Waals surface area contributed by atoms with Crippen molar-refractivity contribution in [3.63, 3.8) is 0 Å². The van der Waals surface area contributed by atoms with Crippen molar-refractivity contribution in [1.29, 1.82) is 0 Å². The minimum atomic E-state index is -1.13. The minimum Gasteiger partial charge on any atom is -0.491 e. The fourth-order valence-corrected chi connectivity index (χ4v) is 2.49. The molecule has 9 heteroatoms. The van der Waals surface area contributed by atoms with E-state index in [2.05, 4.69) is 6.58 Å². The highest BCUT2D eigenvalue weighted by atomic mass is 16.6. The molecule has 0 bridgehead atoms. The Kier molecular flexibility index (Phi) is 16.2. The number of para-hydroxylation sites is 1. The van der Waals surface area contributed by atoms with Crippen LogP contribution in [0.25, 0.3) is 0 Å². The quantitative estimate of drug-likeness (QED) is 0.208. The maximum Gasteiger partial charge on any atom is 0.333 e. The third-order valence-corrected chi connectivity index (χ3v) is 4.23. The average Bonchev–Trinajstić information content (AvgIpc) is 2.80. The van der Waals surface area contributed by atoms with E-state index in [0.717, 1.165) is 0 Å². The molecule has 0 aliphatic rings. The van der Waals surface area contributed by atoms with Crippen LogP contribution < -0.4 is 4.74 Å². The van der Waals surface area contributed by atoms with Crippen LogP contribution >= 0.6 is 0 Å². The Morgan fingerprint density at radius 3 is 1.76 bits per heavy atom. The van der Waals surface area contributed by atoms with Crippen molar-refractivity contribution in [3.05, 3.63) is 42.5 Å². The summed E-state index contributed by atoms with van der Waals surface area (Å²) in [4.78, 5) is 11.2. The highest BCUT2D eigenvalue weighted by Crippen LogP contribution is 2.12. The van der Waals surface area contributed by atoms with Gasteiger partial charge in [-0.2, -0.15) is 0 Å². The van der Waals surface area contributed by atoms with Gasteiger partial charge < -0.3 is 38.3 Å². The summed E-state index contributed by atoms with van der Waals surface area (Å²) in [5, 5.41) is 9.20. The molecule has 0 heterocycles. The van der Waals surface area contributed by atoms with E-state index < -0.39 is 12.1 Å². The third-order valence-electron chi connectivity index (χ3n) is 4.23. The lowest BCUT2D eigenvalue weighted by Crippen LogP contribution is -2.29. The normalized spacial score (nSPS) is 12.4. The third kappa shape index (κ3) is 16.6. The van der Waals surface area contributed by atoms with Crippen LogP contribution in [0.3, 0.4) is 0 Å². The van der Waals surface area contributed by atoms with E-state index in [1.54, 1.807) is 12.1 Å². The lowest BCUT2D eigenvalue weighted by molar-refractivity contribution is -0.134. The number of ether oxygens (including phenoxy) is 7. The number of carboxylic acids is 1. The molecule has 0 spiro atoms. The van der Waals surface area contributed by atoms with E-state index in [0.29, 0.717) is 65.2 Å². The highest BCUT2D eigenvalue weighted by Gasteiger charge is 2.20. The second kappa shape index (κ2) is 18.3. The summed E-state index contributed by atoms with van der Waals surface area (Å²) in [5.74, 6) is -0.496. The first kappa shape index (κ1) is 30.0. The van der Waals surface area contributed by atoms with Crippen LogP contribution in [0.5, 0.6) is 5.75 Å². The monoisotopic (exact) mass is 484 g/mol. The van der Waals surface area contributed by atoms with E-state index >= 15 is 0 Å². The van der Waals surface area contributed by atoms with E-state index in [-0.39, 0.29) is 24.4 Å². The van der Waals surface area contributed by atoms with Gasteiger partial charge in [0.1, 0.15) is 18.5 Å². The van der Waals surface area contributed by atoms with Crippen molar-refractivity contribution in [2.45, 2.75) is 32.5 Å². The van der Waals surface area contributed by atoms with Gasteiger partial charge in [0.25, 0.3) is 0 Å². The Labute approximate surface area is 202 Å². The fraction of sp³-hybridized carbons (Fsp3) is 0.640. The molecule has 0 radical (unpaired) electrons. The largest absolute Gasteiger partial charge is 0.491 e. The minimum absolute atomic E-state index is 0.0496. The second-order valence-corrected chi connectivity index (χ2v) is 8.22. The molecule has 1 aromatic carbocycles. The summed E-state index contributed by atoms with van der Waals surface area (Å²) >= 11 is 0. The molecule has 1 aromatic rings. The van der Waals surface area contributed by atoms with Crippen molar-refractivity contribution in [1.82, 2.24) is 0 Å². The zero-order chi connectivity index (χ0) is 25.1. The van der Waals surface area contributed by atoms with E-state index in [4.69, 9.17) is 33.2 Å². The topological polar surface area (TPSA) is 102 Å². The van der Waals surface area contributed by atoms with Crippen molar-refractivity contribution < 1.29 is 43.1 Å². The average molecular weight is 485 g/mol. The molecule has 0 aliphatic carbocycles. The van der Waals surface area contributed by atoms with Gasteiger partial charge in [-0.15, -0.1) is 0 Å². The van der Waals surface area contributed by atoms with Gasteiger partial charge in [0, 0.05) is 0 Å². The molecule has 0 saturated carbocycles. The summed E-state index contributed by atoms with van der Waals surface area (Å²) in [6.45, 7) is 14.0. The van der Waals surface area contributed by atoms with Crippen LogP contribution in [0.15, 0.2) is 42.5 Å². The first-order valence-electron chi connectivity index (χ1n) is 11.5. The van der Waals surface area contributed by atoms with E-state index in [1.807, 2.05) is 39.0 Å². The highest BCUT2D eigenvalue weighted by molar-refractivity contribution is 5.87. The van der Waals surface area contributed by atoms with Gasteiger partial charge in [-0.05, 0) is 32.9 Å². The van der Waals surface area contributed by atoms with Gasteiger partial charge in [0.15, 0.2) is 0 Å². The van der Waals surface area contributed by atoms with Crippen molar-refractivity contribution in [2.75, 3.05) is 72.7 Å². The molecule has 1 rings (SSSR count). The van der Waals surface area contributed by atoms with Gasteiger partial charge >= 0.3 is 5.97 Å². The molecule has 34 heavy (non-hydrogen) atoms. The summed E-state index contributed by atoms with van der Waals surface area (Å²) < 4.78 is 38.5. The molecule has 0 amide bonds. The van der Waals surface area contributed by atoms with Gasteiger partial charge in [-0.3, -0.25) is 0 Å². The van der Waals surface area contributed by atoms with Crippen molar-refractivity contribution in [2.24, 2.45) is 0 Å². The van der Waals surface area contributed by atoms with E-state index in [1.165, 1.54) is 0 Å². The van der Waals surface area contributed by atoms with Crippen LogP contribution in [0.1, 0.15) is 20.8 Å². The molecule has 1 N–H and O–H groups in total. The van der Waals surface area contributed by atoms with Crippen LogP contribution in [0, 0.1) is 0 Å². The number of rotatable bonds is 21. The maximum atomic E-state index is 11.2. The van der Waals surface area contributed by atoms with Gasteiger partial charge in [-0.1, -0.05) is 24.8 Å². The predicted molar refractivity (Wildman–Crippen MR) is 127 cm³/mol. The van der Waals surface area contributed by atoms with Crippen LogP contribution in [0.4, 0.5) is 0 Å². The van der Waals surface area contributed by atoms with Gasteiger partial charge in [0.05, 0.1) is 77.2 Å². The number of aliphatic carboxylic acids is 1. The van der Waals surface area contributed by atoms with E-state index in [9.17, 15) is 9.90 Å². The number of hydrogen-bond donors (Lipinski definition) is 1. The first-order chi connectivity index (χ1) is 16.3. The lowest BCUT2D eigenvalue weighted by Gasteiger charge is -2.19. The number of benzene rings is 1. The molecular formula is C25H40O9. The summed E-state index contributed by atoms with van der Waals surface area (Å²) in [7, 11) is 0. The number of hydrogen-bond acceptors (Lipinski definition) is 8. The number of carboxylic acid groups (broad SMARTS) is 1. The molecule has 194 valence electrons. The Hall–Kier alpha value is -2.01. The molecule has 0 aromatic heterocycles. The molecule has 0 fully saturated rings. The second-order valence-electron chi connectivity index (χ2n) is 8.22. The Morgan fingerprint density at radius 1 is 0.824 bits per heavy atom. The summed E-state index contributed by atoms with van der Waals surface area (Å²) in [6, 6.07) is 9.10. The van der Waals surface area contributed by atoms with Gasteiger partial charge in [0.2, 0.25) is 0 Å². The first-order valence-corrected chi connectivity index (χ1v) is 11.5. The molecule has 9 nitrogen and oxygen atoms in total. The lowest BCUT2D eigenvalue weighted by atomic mass is 10.2. The Bertz CT molecular complexity index is 658. The zero-order valence-electron chi connectivity index (χ0n) is 20.7. The Balaban J connectivity index is 1.98. The molecular weight excluding hydrogens is 444 g/mol. The van der Waals surface area contributed by atoms with Crippen LogP contribution in [0.2, 0.25) is 0 Å². The van der Waals surface area contributed by atoms with Crippen LogP contribution in [-0.4, -0.2) is 95.5 Å². The van der Waals surface area contributed by atoms with Crippen molar-refractivity contribution >= 4 is 5.97 Å². The van der Waals surface area contributed by atoms with Crippen molar-refractivity contribution in [3.8, 4) is 5.75 Å². The molecule has 1 atom stereocenters. The predicted octanol–water partition coefficient (Wildman–Crippen LogP) is 2.97. The molecule has 1 unspecified atom stereocenters. The summed E-state index contributed by atoms with van der Waals surface area (Å²) in [5.41, 5.74) is -0.216. The smallest absolute Gasteiger partial charge is 0.333 e. The standard InChI is InChI=1S/C25H40O9/c1-21(24(26)27)23(20-33-22-8-6-5-7-9-22)32-18-16-30-14-12-28-10-11-29-13-15-31-17-19-34-25(2,3)4/h5-9,23H,1,10-20H2,2-4H3,(H,26,27). The molecule has 0 saturated heterocycles. The Morgan fingerprint density at radius 2 is 1.29 bits per heavy atom. The zero-order valence-corrected chi connectivity index (χ0v) is 20.7. The number of carbonyl (C=O) groups is 1. The molecule has 0 aliphatic heterocycles. The maximum absolute atomic E-state index is 11.2.